The van der Waals surface area contributed by atoms with Gasteiger partial charge in [-0.15, -0.1) is 0 Å². The summed E-state index contributed by atoms with van der Waals surface area (Å²) < 4.78 is 10.4. The van der Waals surface area contributed by atoms with Crippen LogP contribution in [-0.4, -0.2) is 42.7 Å². The number of ether oxygens (including phenoxy) is 2. The summed E-state index contributed by atoms with van der Waals surface area (Å²) in [4.78, 5) is 24.3. The van der Waals surface area contributed by atoms with Crippen molar-refractivity contribution in [3.8, 4) is 0 Å². The van der Waals surface area contributed by atoms with E-state index in [4.69, 9.17) is 9.47 Å². The van der Waals surface area contributed by atoms with Crippen LogP contribution in [0.2, 0.25) is 0 Å². The molecule has 0 aliphatic carbocycles. The molecular weight excluding hydrogens is 298 g/mol. The highest BCUT2D eigenvalue weighted by atomic mass is 16.5. The lowest BCUT2D eigenvalue weighted by atomic mass is 9.98. The van der Waals surface area contributed by atoms with Crippen molar-refractivity contribution in [2.24, 2.45) is 11.0 Å². The van der Waals surface area contributed by atoms with Crippen molar-refractivity contribution in [3.05, 3.63) is 30.3 Å². The first-order valence-corrected chi connectivity index (χ1v) is 7.46. The third kappa shape index (κ3) is 4.07. The van der Waals surface area contributed by atoms with Crippen LogP contribution < -0.4 is 5.32 Å². The summed E-state index contributed by atoms with van der Waals surface area (Å²) in [6, 6.07) is 8.68. The van der Waals surface area contributed by atoms with E-state index in [0.29, 0.717) is 24.4 Å². The topological polar surface area (TPSA) is 80.2 Å². The summed E-state index contributed by atoms with van der Waals surface area (Å²) in [5.41, 5.74) is 1.19. The average Bonchev–Trinajstić information content (AvgIpc) is 2.56. The third-order valence-electron chi connectivity index (χ3n) is 3.56. The number of carbonyl (C=O) groups excluding carboxylic acids is 2. The lowest BCUT2D eigenvalue weighted by molar-refractivity contribution is -0.146. The van der Waals surface area contributed by atoms with Gasteiger partial charge in [-0.05, 0) is 26.0 Å². The van der Waals surface area contributed by atoms with Gasteiger partial charge in [-0.2, -0.15) is 10.1 Å². The predicted molar refractivity (Wildman–Crippen MR) is 85.9 cm³/mol. The molecule has 0 aromatic heterocycles. The summed E-state index contributed by atoms with van der Waals surface area (Å²) in [6.45, 7) is 3.93. The second-order valence-electron chi connectivity index (χ2n) is 5.10. The molecule has 0 unspecified atom stereocenters. The van der Waals surface area contributed by atoms with Crippen LogP contribution in [0.3, 0.4) is 0 Å². The van der Waals surface area contributed by atoms with Gasteiger partial charge in [0, 0.05) is 18.7 Å². The molecule has 23 heavy (non-hydrogen) atoms. The molecule has 0 spiro atoms. The summed E-state index contributed by atoms with van der Waals surface area (Å²) in [5.74, 6) is -0.878. The molecule has 1 aromatic carbocycles. The SMILES string of the molecule is CCO[C@H]1C[C@@H](C(=O)OC)C(C)=NN1C(=O)Nc1ccccc1. The van der Waals surface area contributed by atoms with Gasteiger partial charge < -0.3 is 14.8 Å². The number of esters is 1. The fourth-order valence-corrected chi connectivity index (χ4v) is 2.39. The summed E-state index contributed by atoms with van der Waals surface area (Å²) >= 11 is 0. The van der Waals surface area contributed by atoms with Crippen molar-refractivity contribution in [1.29, 1.82) is 0 Å². The van der Waals surface area contributed by atoms with Crippen LogP contribution in [-0.2, 0) is 14.3 Å². The number of nitrogens with one attached hydrogen (secondary N) is 1. The number of anilines is 1. The Balaban J connectivity index is 2.19. The summed E-state index contributed by atoms with van der Waals surface area (Å²) in [7, 11) is 1.33. The van der Waals surface area contributed by atoms with Gasteiger partial charge in [0.15, 0.2) is 6.23 Å². The molecule has 0 saturated heterocycles. The molecule has 0 fully saturated rings. The zero-order chi connectivity index (χ0) is 16.8. The van der Waals surface area contributed by atoms with Crippen molar-refractivity contribution < 1.29 is 19.1 Å². The van der Waals surface area contributed by atoms with Crippen LogP contribution in [0.4, 0.5) is 10.5 Å². The van der Waals surface area contributed by atoms with E-state index in [1.54, 1.807) is 19.1 Å². The number of rotatable bonds is 4. The number of para-hydroxylation sites is 1. The van der Waals surface area contributed by atoms with Gasteiger partial charge in [0.1, 0.15) is 5.92 Å². The van der Waals surface area contributed by atoms with E-state index in [0.717, 1.165) is 0 Å². The Bertz CT molecular complexity index is 588. The van der Waals surface area contributed by atoms with Gasteiger partial charge in [0.2, 0.25) is 0 Å². The van der Waals surface area contributed by atoms with Crippen LogP contribution in [0.15, 0.2) is 35.4 Å². The van der Waals surface area contributed by atoms with Gasteiger partial charge >= 0.3 is 12.0 Å². The van der Waals surface area contributed by atoms with Crippen molar-refractivity contribution in [1.82, 2.24) is 5.01 Å². The van der Waals surface area contributed by atoms with E-state index in [-0.39, 0.29) is 5.97 Å². The van der Waals surface area contributed by atoms with Crippen molar-refractivity contribution in [3.63, 3.8) is 0 Å². The van der Waals surface area contributed by atoms with E-state index in [1.807, 2.05) is 25.1 Å². The fourth-order valence-electron chi connectivity index (χ4n) is 2.39. The first-order valence-electron chi connectivity index (χ1n) is 7.46. The molecule has 0 saturated carbocycles. The molecule has 1 heterocycles. The second-order valence-corrected chi connectivity index (χ2v) is 5.10. The number of urea groups is 1. The van der Waals surface area contributed by atoms with E-state index in [9.17, 15) is 9.59 Å². The largest absolute Gasteiger partial charge is 0.469 e. The second kappa shape index (κ2) is 7.73. The summed E-state index contributed by atoms with van der Waals surface area (Å²) in [6.07, 6.45) is -0.297. The lowest BCUT2D eigenvalue weighted by Gasteiger charge is -2.34. The molecule has 0 radical (unpaired) electrons. The summed E-state index contributed by atoms with van der Waals surface area (Å²) in [5, 5.41) is 8.24. The van der Waals surface area contributed by atoms with Crippen molar-refractivity contribution >= 4 is 23.4 Å². The Morgan fingerprint density at radius 3 is 2.65 bits per heavy atom. The van der Waals surface area contributed by atoms with Gasteiger partial charge in [-0.1, -0.05) is 18.2 Å². The van der Waals surface area contributed by atoms with E-state index < -0.39 is 18.2 Å². The van der Waals surface area contributed by atoms with Crippen LogP contribution >= 0.6 is 0 Å². The monoisotopic (exact) mass is 319 g/mol. The minimum Gasteiger partial charge on any atom is -0.469 e. The Labute approximate surface area is 135 Å². The number of hydrogen-bond acceptors (Lipinski definition) is 5. The van der Waals surface area contributed by atoms with Crippen LogP contribution in [0, 0.1) is 5.92 Å². The maximum absolute atomic E-state index is 12.5. The smallest absolute Gasteiger partial charge is 0.344 e. The van der Waals surface area contributed by atoms with Gasteiger partial charge in [0.05, 0.1) is 12.8 Å². The molecule has 2 atom stereocenters. The standard InChI is InChI=1S/C16H21N3O4/c1-4-23-14-10-13(15(20)22-3)11(2)18-19(14)16(21)17-12-8-6-5-7-9-12/h5-9,13-14H,4,10H2,1-3H3,(H,17,21)/t13-,14+/m1/s1. The van der Waals surface area contributed by atoms with E-state index in [2.05, 4.69) is 10.4 Å². The third-order valence-corrected chi connectivity index (χ3v) is 3.56. The number of carbonyl (C=O) groups is 2. The molecule has 1 N–H and O–H groups in total. The number of nitrogens with zero attached hydrogens (tertiary/aromatic N) is 2. The zero-order valence-electron chi connectivity index (χ0n) is 13.5. The lowest BCUT2D eigenvalue weighted by Crippen LogP contribution is -2.48. The first kappa shape index (κ1) is 17.0. The number of hydrogen-bond donors (Lipinski definition) is 1. The highest BCUT2D eigenvalue weighted by Crippen LogP contribution is 2.24. The van der Waals surface area contributed by atoms with Crippen molar-refractivity contribution in [2.45, 2.75) is 26.5 Å². The molecule has 124 valence electrons. The minimum absolute atomic E-state index is 0.318. The molecule has 1 aliphatic rings. The van der Waals surface area contributed by atoms with Gasteiger partial charge in [-0.25, -0.2) is 4.79 Å². The molecule has 7 nitrogen and oxygen atoms in total. The highest BCUT2D eigenvalue weighted by molar-refractivity contribution is 6.02. The quantitative estimate of drug-likeness (QED) is 0.864. The first-order chi connectivity index (χ1) is 11.1. The molecule has 2 rings (SSSR count). The normalized spacial score (nSPS) is 20.7. The zero-order valence-corrected chi connectivity index (χ0v) is 13.5. The van der Waals surface area contributed by atoms with Crippen LogP contribution in [0.1, 0.15) is 20.3 Å². The number of methoxy groups -OCH3 is 1. The van der Waals surface area contributed by atoms with Crippen LogP contribution in [0.25, 0.3) is 0 Å². The average molecular weight is 319 g/mol. The molecule has 0 bridgehead atoms. The van der Waals surface area contributed by atoms with Gasteiger partial charge in [0.25, 0.3) is 0 Å². The molecular formula is C16H21N3O4. The maximum atomic E-state index is 12.5. The fraction of sp³-hybridized carbons (Fsp3) is 0.438. The highest BCUT2D eigenvalue weighted by Gasteiger charge is 2.37. The van der Waals surface area contributed by atoms with E-state index >= 15 is 0 Å². The molecule has 1 aromatic rings. The number of benzene rings is 1. The number of amides is 2. The van der Waals surface area contributed by atoms with Crippen molar-refractivity contribution in [2.75, 3.05) is 19.0 Å². The Kier molecular flexibility index (Phi) is 5.70. The Hall–Kier alpha value is -2.41. The maximum Gasteiger partial charge on any atom is 0.344 e. The predicted octanol–water partition coefficient (Wildman–Crippen LogP) is 2.45. The molecule has 1 aliphatic heterocycles. The van der Waals surface area contributed by atoms with E-state index in [1.165, 1.54) is 12.1 Å². The number of hydrazone groups is 1. The minimum atomic E-state index is -0.614. The molecule has 7 heteroatoms. The Morgan fingerprint density at radius 2 is 2.04 bits per heavy atom. The Morgan fingerprint density at radius 1 is 1.35 bits per heavy atom. The molecule has 2 amide bonds. The van der Waals surface area contributed by atoms with Crippen LogP contribution in [0.5, 0.6) is 0 Å². The van der Waals surface area contributed by atoms with Gasteiger partial charge in [-0.3, -0.25) is 4.79 Å².